The lowest BCUT2D eigenvalue weighted by atomic mass is 10.1. The zero-order chi connectivity index (χ0) is 21.1. The lowest BCUT2D eigenvalue weighted by Gasteiger charge is -2.12. The van der Waals surface area contributed by atoms with E-state index in [1.165, 1.54) is 29.3 Å². The van der Waals surface area contributed by atoms with Crippen LogP contribution in [0.3, 0.4) is 0 Å². The van der Waals surface area contributed by atoms with Crippen molar-refractivity contribution in [3.05, 3.63) is 70.6 Å². The number of nitrogens with zero attached hydrogens (tertiary/aromatic N) is 2. The molecule has 4 rings (SSSR count). The van der Waals surface area contributed by atoms with E-state index in [4.69, 9.17) is 9.47 Å². The smallest absolute Gasteiger partial charge is 0.263 e. The average Bonchev–Trinajstić information content (AvgIpc) is 3.21. The standard InChI is InChI=1S/C22H19N3O4S/c1-28-15-8-9-18(29-2)17(10-15)24-19(26)11-25-13-23-21-20(22(25)27)16(12-30-21)14-6-4-3-5-7-14/h3-10,12-13H,11H2,1-2H3,(H,24,26). The average molecular weight is 421 g/mol. The van der Waals surface area contributed by atoms with Gasteiger partial charge in [0.2, 0.25) is 5.91 Å². The minimum absolute atomic E-state index is 0.174. The number of ether oxygens (including phenoxy) is 2. The number of hydrogen-bond acceptors (Lipinski definition) is 6. The van der Waals surface area contributed by atoms with E-state index in [1.807, 2.05) is 35.7 Å². The molecule has 4 aromatic rings. The van der Waals surface area contributed by atoms with Crippen molar-refractivity contribution in [2.75, 3.05) is 19.5 Å². The number of rotatable bonds is 6. The van der Waals surface area contributed by atoms with Crippen molar-refractivity contribution < 1.29 is 14.3 Å². The predicted molar refractivity (Wildman–Crippen MR) is 117 cm³/mol. The zero-order valence-electron chi connectivity index (χ0n) is 16.4. The molecular weight excluding hydrogens is 402 g/mol. The van der Waals surface area contributed by atoms with Gasteiger partial charge in [0, 0.05) is 17.0 Å². The van der Waals surface area contributed by atoms with Crippen LogP contribution in [-0.2, 0) is 11.3 Å². The van der Waals surface area contributed by atoms with E-state index in [2.05, 4.69) is 10.3 Å². The second-order valence-corrected chi connectivity index (χ2v) is 7.35. The number of amides is 1. The van der Waals surface area contributed by atoms with Crippen LogP contribution in [0.2, 0.25) is 0 Å². The Bertz CT molecular complexity index is 1260. The van der Waals surface area contributed by atoms with E-state index in [-0.39, 0.29) is 18.0 Å². The minimum Gasteiger partial charge on any atom is -0.497 e. The fraction of sp³-hybridized carbons (Fsp3) is 0.136. The highest BCUT2D eigenvalue weighted by molar-refractivity contribution is 7.17. The minimum atomic E-state index is -0.374. The molecule has 1 N–H and O–H groups in total. The van der Waals surface area contributed by atoms with Gasteiger partial charge in [0.05, 0.1) is 31.6 Å². The second kappa shape index (κ2) is 8.38. The quantitative estimate of drug-likeness (QED) is 0.512. The van der Waals surface area contributed by atoms with Crippen molar-refractivity contribution in [2.24, 2.45) is 0 Å². The van der Waals surface area contributed by atoms with Gasteiger partial charge in [-0.1, -0.05) is 30.3 Å². The maximum absolute atomic E-state index is 13.1. The monoisotopic (exact) mass is 421 g/mol. The molecular formula is C22H19N3O4S. The molecule has 7 nitrogen and oxygen atoms in total. The summed E-state index contributed by atoms with van der Waals surface area (Å²) in [6, 6.07) is 14.7. The first-order chi connectivity index (χ1) is 14.6. The Labute approximate surface area is 176 Å². The number of carbonyl (C=O) groups is 1. The van der Waals surface area contributed by atoms with Gasteiger partial charge in [0.1, 0.15) is 22.9 Å². The fourth-order valence-corrected chi connectivity index (χ4v) is 4.07. The Morgan fingerprint density at radius 3 is 2.67 bits per heavy atom. The predicted octanol–water partition coefficient (Wildman–Crippen LogP) is 3.78. The largest absolute Gasteiger partial charge is 0.497 e. The Balaban J connectivity index is 1.64. The van der Waals surface area contributed by atoms with Gasteiger partial charge >= 0.3 is 0 Å². The van der Waals surface area contributed by atoms with Crippen molar-refractivity contribution in [3.8, 4) is 22.6 Å². The molecule has 0 aliphatic heterocycles. The third-order valence-corrected chi connectivity index (χ3v) is 5.53. The van der Waals surface area contributed by atoms with E-state index >= 15 is 0 Å². The highest BCUT2D eigenvalue weighted by Crippen LogP contribution is 2.31. The number of nitrogens with one attached hydrogen (secondary N) is 1. The third kappa shape index (κ3) is 3.77. The van der Waals surface area contributed by atoms with Gasteiger partial charge < -0.3 is 14.8 Å². The fourth-order valence-electron chi connectivity index (χ4n) is 3.17. The number of carbonyl (C=O) groups excluding carboxylic acids is 1. The van der Waals surface area contributed by atoms with Crippen LogP contribution in [0.4, 0.5) is 5.69 Å². The summed E-state index contributed by atoms with van der Waals surface area (Å²) in [4.78, 5) is 30.7. The molecule has 0 saturated carbocycles. The molecule has 0 radical (unpaired) electrons. The maximum atomic E-state index is 13.1. The van der Waals surface area contributed by atoms with Crippen molar-refractivity contribution in [2.45, 2.75) is 6.54 Å². The second-order valence-electron chi connectivity index (χ2n) is 6.49. The van der Waals surface area contributed by atoms with Gasteiger partial charge in [-0.25, -0.2) is 4.98 Å². The van der Waals surface area contributed by atoms with Gasteiger partial charge in [-0.15, -0.1) is 11.3 Å². The molecule has 1 amide bonds. The molecule has 8 heteroatoms. The van der Waals surface area contributed by atoms with Crippen LogP contribution >= 0.6 is 11.3 Å². The number of hydrogen-bond donors (Lipinski definition) is 1. The molecule has 0 atom stereocenters. The third-order valence-electron chi connectivity index (χ3n) is 4.64. The van der Waals surface area contributed by atoms with Crippen molar-refractivity contribution >= 4 is 33.1 Å². The number of methoxy groups -OCH3 is 2. The Kier molecular flexibility index (Phi) is 5.49. The van der Waals surface area contributed by atoms with Gasteiger partial charge in [-0.3, -0.25) is 14.2 Å². The van der Waals surface area contributed by atoms with Gasteiger partial charge in [-0.05, 0) is 17.7 Å². The Morgan fingerprint density at radius 1 is 1.13 bits per heavy atom. The van der Waals surface area contributed by atoms with Gasteiger partial charge in [0.25, 0.3) is 5.56 Å². The molecule has 2 aromatic heterocycles. The molecule has 2 aromatic carbocycles. The van der Waals surface area contributed by atoms with E-state index < -0.39 is 0 Å². The van der Waals surface area contributed by atoms with E-state index in [0.717, 1.165) is 11.1 Å². The van der Waals surface area contributed by atoms with Crippen LogP contribution < -0.4 is 20.3 Å². The molecule has 30 heavy (non-hydrogen) atoms. The van der Waals surface area contributed by atoms with Crippen molar-refractivity contribution in [3.63, 3.8) is 0 Å². The van der Waals surface area contributed by atoms with E-state index in [0.29, 0.717) is 27.4 Å². The Morgan fingerprint density at radius 2 is 1.93 bits per heavy atom. The van der Waals surface area contributed by atoms with Crippen molar-refractivity contribution in [1.82, 2.24) is 9.55 Å². The van der Waals surface area contributed by atoms with E-state index in [1.54, 1.807) is 25.3 Å². The van der Waals surface area contributed by atoms with Gasteiger partial charge in [-0.2, -0.15) is 0 Å². The first-order valence-electron chi connectivity index (χ1n) is 9.14. The summed E-state index contributed by atoms with van der Waals surface area (Å²) >= 11 is 1.41. The highest BCUT2D eigenvalue weighted by atomic mass is 32.1. The van der Waals surface area contributed by atoms with Gasteiger partial charge in [0.15, 0.2) is 0 Å². The normalized spacial score (nSPS) is 10.7. The summed E-state index contributed by atoms with van der Waals surface area (Å²) < 4.78 is 11.8. The molecule has 0 unspecified atom stereocenters. The molecule has 0 fully saturated rings. The summed E-state index contributed by atoms with van der Waals surface area (Å²) in [6.07, 6.45) is 1.40. The summed E-state index contributed by atoms with van der Waals surface area (Å²) in [5, 5.41) is 5.20. The first kappa shape index (κ1) is 19.7. The topological polar surface area (TPSA) is 82.4 Å². The number of benzene rings is 2. The number of aromatic nitrogens is 2. The molecule has 0 saturated heterocycles. The molecule has 0 spiro atoms. The molecule has 152 valence electrons. The van der Waals surface area contributed by atoms with Crippen LogP contribution in [0.5, 0.6) is 11.5 Å². The maximum Gasteiger partial charge on any atom is 0.263 e. The number of thiophene rings is 1. The number of anilines is 1. The van der Waals surface area contributed by atoms with Crippen LogP contribution in [0, 0.1) is 0 Å². The summed E-state index contributed by atoms with van der Waals surface area (Å²) in [5.74, 6) is 0.702. The SMILES string of the molecule is COc1ccc(OC)c(NC(=O)Cn2cnc3scc(-c4ccccc4)c3c2=O)c1. The van der Waals surface area contributed by atoms with E-state index in [9.17, 15) is 9.59 Å². The molecule has 2 heterocycles. The summed E-state index contributed by atoms with van der Waals surface area (Å²) in [7, 11) is 3.06. The van der Waals surface area contributed by atoms with Crippen molar-refractivity contribution in [1.29, 1.82) is 0 Å². The summed E-state index contributed by atoms with van der Waals surface area (Å²) in [6.45, 7) is -0.174. The van der Waals surface area contributed by atoms with Crippen LogP contribution in [0.1, 0.15) is 0 Å². The highest BCUT2D eigenvalue weighted by Gasteiger charge is 2.15. The molecule has 0 aliphatic carbocycles. The zero-order valence-corrected chi connectivity index (χ0v) is 17.2. The first-order valence-corrected chi connectivity index (χ1v) is 10.0. The Hall–Kier alpha value is -3.65. The van der Waals surface area contributed by atoms with Crippen LogP contribution in [-0.4, -0.2) is 29.7 Å². The van der Waals surface area contributed by atoms with Crippen LogP contribution in [0.15, 0.2) is 65.0 Å². The number of fused-ring (bicyclic) bond motifs is 1. The lowest BCUT2D eigenvalue weighted by molar-refractivity contribution is -0.116. The molecule has 0 aliphatic rings. The lowest BCUT2D eigenvalue weighted by Crippen LogP contribution is -2.28. The summed E-state index contributed by atoms with van der Waals surface area (Å²) in [5.41, 5.74) is 1.96. The molecule has 0 bridgehead atoms. The van der Waals surface area contributed by atoms with Crippen LogP contribution in [0.25, 0.3) is 21.3 Å².